The van der Waals surface area contributed by atoms with E-state index in [9.17, 15) is 9.18 Å². The van der Waals surface area contributed by atoms with E-state index in [0.717, 1.165) is 18.3 Å². The van der Waals surface area contributed by atoms with E-state index in [1.165, 1.54) is 12.3 Å². The highest BCUT2D eigenvalue weighted by molar-refractivity contribution is 5.96. The summed E-state index contributed by atoms with van der Waals surface area (Å²) in [5.41, 5.74) is -0.221. The lowest BCUT2D eigenvalue weighted by Crippen LogP contribution is -1.97. The highest BCUT2D eigenvalue weighted by Gasteiger charge is 2.05. The van der Waals surface area contributed by atoms with Crippen LogP contribution in [0.2, 0.25) is 0 Å². The van der Waals surface area contributed by atoms with Crippen LogP contribution in [-0.2, 0) is 4.79 Å². The number of aliphatic carboxylic acids is 1. The van der Waals surface area contributed by atoms with Crippen LogP contribution in [0.25, 0.3) is 6.08 Å². The van der Waals surface area contributed by atoms with Crippen LogP contribution in [0.4, 0.5) is 4.39 Å². The second-order valence-corrected chi connectivity index (χ2v) is 2.41. The molecule has 4 nitrogen and oxygen atoms in total. The van der Waals surface area contributed by atoms with E-state index in [2.05, 4.69) is 4.98 Å². The van der Waals surface area contributed by atoms with E-state index >= 15 is 0 Å². The van der Waals surface area contributed by atoms with Crippen molar-refractivity contribution in [3.63, 3.8) is 0 Å². The van der Waals surface area contributed by atoms with E-state index in [4.69, 9.17) is 10.4 Å². The van der Waals surface area contributed by atoms with Crippen LogP contribution in [0.3, 0.4) is 0 Å². The van der Waals surface area contributed by atoms with Gasteiger partial charge in [-0.3, -0.25) is 4.98 Å². The molecule has 0 bridgehead atoms. The third kappa shape index (κ3) is 2.38. The summed E-state index contributed by atoms with van der Waals surface area (Å²) in [5, 5.41) is 16.9. The van der Waals surface area contributed by atoms with Crippen molar-refractivity contribution < 1.29 is 14.3 Å². The van der Waals surface area contributed by atoms with Gasteiger partial charge in [0.05, 0.1) is 6.20 Å². The van der Waals surface area contributed by atoms with Crippen molar-refractivity contribution in [2.45, 2.75) is 0 Å². The number of pyridine rings is 1. The third-order valence-electron chi connectivity index (χ3n) is 1.39. The molecule has 0 aliphatic carbocycles. The van der Waals surface area contributed by atoms with Crippen molar-refractivity contribution in [2.75, 3.05) is 0 Å². The molecule has 0 fully saturated rings. The molecule has 0 amide bonds. The number of halogens is 1. The Balaban J connectivity index is 3.08. The van der Waals surface area contributed by atoms with Gasteiger partial charge >= 0.3 is 5.97 Å². The average Bonchev–Trinajstić information content (AvgIpc) is 2.14. The van der Waals surface area contributed by atoms with E-state index in [1.54, 1.807) is 0 Å². The fraction of sp³-hybridized carbons (Fsp3) is 0. The predicted octanol–water partition coefficient (Wildman–Crippen LogP) is 1.21. The number of nitrogens with zero attached hydrogens (tertiary/aromatic N) is 2. The largest absolute Gasteiger partial charge is 0.477 e. The maximum absolute atomic E-state index is 12.6. The minimum Gasteiger partial charge on any atom is -0.477 e. The van der Waals surface area contributed by atoms with Crippen molar-refractivity contribution in [3.8, 4) is 6.07 Å². The minimum absolute atomic E-state index is 0.240. The fourth-order valence-electron chi connectivity index (χ4n) is 0.816. The second-order valence-electron chi connectivity index (χ2n) is 2.41. The van der Waals surface area contributed by atoms with Gasteiger partial charge < -0.3 is 5.11 Å². The molecule has 1 heterocycles. The summed E-state index contributed by atoms with van der Waals surface area (Å²) in [6.45, 7) is 0. The Hall–Kier alpha value is -2.22. The van der Waals surface area contributed by atoms with Crippen LogP contribution in [-0.4, -0.2) is 16.1 Å². The summed E-state index contributed by atoms with van der Waals surface area (Å²) in [5.74, 6) is -1.93. The summed E-state index contributed by atoms with van der Waals surface area (Å²) < 4.78 is 12.6. The smallest absolute Gasteiger partial charge is 0.346 e. The summed E-state index contributed by atoms with van der Waals surface area (Å²) in [6, 6.07) is 2.57. The first kappa shape index (κ1) is 9.86. The topological polar surface area (TPSA) is 74.0 Å². The Morgan fingerprint density at radius 3 is 2.86 bits per heavy atom. The highest BCUT2D eigenvalue weighted by Crippen LogP contribution is 2.06. The first-order valence-electron chi connectivity index (χ1n) is 3.59. The van der Waals surface area contributed by atoms with Gasteiger partial charge in [0.2, 0.25) is 0 Å². The molecule has 0 saturated heterocycles. The average molecular weight is 192 g/mol. The van der Waals surface area contributed by atoms with Gasteiger partial charge in [-0.2, -0.15) is 5.26 Å². The van der Waals surface area contributed by atoms with Gasteiger partial charge in [-0.1, -0.05) is 0 Å². The van der Waals surface area contributed by atoms with Crippen molar-refractivity contribution in [1.82, 2.24) is 4.98 Å². The highest BCUT2D eigenvalue weighted by atomic mass is 19.1. The molecule has 14 heavy (non-hydrogen) atoms. The van der Waals surface area contributed by atoms with Crippen LogP contribution in [0.15, 0.2) is 24.0 Å². The number of aromatic nitrogens is 1. The van der Waals surface area contributed by atoms with Crippen molar-refractivity contribution >= 4 is 12.0 Å². The Bertz CT molecular complexity index is 435. The molecular formula is C9H5FN2O2. The Morgan fingerprint density at radius 1 is 1.64 bits per heavy atom. The van der Waals surface area contributed by atoms with E-state index in [1.807, 2.05) is 0 Å². The summed E-state index contributed by atoms with van der Waals surface area (Å²) >= 11 is 0. The lowest BCUT2D eigenvalue weighted by molar-refractivity contribution is -0.132. The van der Waals surface area contributed by atoms with Crippen LogP contribution >= 0.6 is 0 Å². The maximum atomic E-state index is 12.6. The number of hydrogen-bond donors (Lipinski definition) is 1. The monoisotopic (exact) mass is 192 g/mol. The van der Waals surface area contributed by atoms with Crippen LogP contribution in [0.5, 0.6) is 0 Å². The van der Waals surface area contributed by atoms with Crippen LogP contribution < -0.4 is 0 Å². The normalized spacial score (nSPS) is 10.7. The van der Waals surface area contributed by atoms with Gasteiger partial charge in [0.1, 0.15) is 17.5 Å². The molecule has 1 aromatic rings. The quantitative estimate of drug-likeness (QED) is 0.564. The minimum atomic E-state index is -1.35. The lowest BCUT2D eigenvalue weighted by Gasteiger charge is -1.93. The second kappa shape index (κ2) is 4.14. The molecule has 0 spiro atoms. The molecule has 0 aliphatic rings. The molecular weight excluding hydrogens is 187 g/mol. The fourth-order valence-corrected chi connectivity index (χ4v) is 0.816. The molecule has 0 aromatic carbocycles. The molecule has 0 unspecified atom stereocenters. The molecule has 5 heteroatoms. The van der Waals surface area contributed by atoms with Crippen LogP contribution in [0.1, 0.15) is 5.56 Å². The van der Waals surface area contributed by atoms with Gasteiger partial charge in [0.25, 0.3) is 0 Å². The molecule has 0 saturated carbocycles. The van der Waals surface area contributed by atoms with Gasteiger partial charge in [0, 0.05) is 6.20 Å². The summed E-state index contributed by atoms with van der Waals surface area (Å²) in [4.78, 5) is 13.9. The number of nitriles is 1. The number of carboxylic acid groups (broad SMARTS) is 1. The van der Waals surface area contributed by atoms with Crippen molar-refractivity contribution in [2.24, 2.45) is 0 Å². The SMILES string of the molecule is N#C/C(=C\c1cncc(F)c1)C(=O)O. The van der Waals surface area contributed by atoms with E-state index in [-0.39, 0.29) is 5.56 Å². The summed E-state index contributed by atoms with van der Waals surface area (Å²) in [6.07, 6.45) is 3.31. The zero-order chi connectivity index (χ0) is 10.6. The van der Waals surface area contributed by atoms with E-state index in [0.29, 0.717) is 0 Å². The number of hydrogen-bond acceptors (Lipinski definition) is 3. The van der Waals surface area contributed by atoms with Crippen molar-refractivity contribution in [1.29, 1.82) is 5.26 Å². The number of carbonyl (C=O) groups is 1. The summed E-state index contributed by atoms with van der Waals surface area (Å²) in [7, 11) is 0. The maximum Gasteiger partial charge on any atom is 0.346 e. The first-order valence-corrected chi connectivity index (χ1v) is 3.59. The molecule has 70 valence electrons. The Morgan fingerprint density at radius 2 is 2.36 bits per heavy atom. The predicted molar refractivity (Wildman–Crippen MR) is 45.4 cm³/mol. The third-order valence-corrected chi connectivity index (χ3v) is 1.39. The van der Waals surface area contributed by atoms with Gasteiger partial charge in [-0.15, -0.1) is 0 Å². The molecule has 0 radical (unpaired) electrons. The number of carboxylic acids is 1. The lowest BCUT2D eigenvalue weighted by atomic mass is 10.2. The first-order chi connectivity index (χ1) is 6.63. The molecule has 1 aromatic heterocycles. The zero-order valence-corrected chi connectivity index (χ0v) is 6.94. The molecule has 1 N–H and O–H groups in total. The van der Waals surface area contributed by atoms with Gasteiger partial charge in [-0.05, 0) is 17.7 Å². The van der Waals surface area contributed by atoms with Crippen LogP contribution in [0, 0.1) is 17.1 Å². The molecule has 0 atom stereocenters. The standard InChI is InChI=1S/C9H5FN2O2/c10-8-2-6(4-12-5-8)1-7(3-11)9(13)14/h1-2,4-5H,(H,13,14)/b7-1+. The van der Waals surface area contributed by atoms with E-state index < -0.39 is 17.4 Å². The molecule has 0 aliphatic heterocycles. The van der Waals surface area contributed by atoms with Gasteiger partial charge in [0.15, 0.2) is 0 Å². The Kier molecular flexibility index (Phi) is 2.92. The van der Waals surface area contributed by atoms with Gasteiger partial charge in [-0.25, -0.2) is 9.18 Å². The number of rotatable bonds is 2. The molecule has 1 rings (SSSR count). The van der Waals surface area contributed by atoms with Crippen molar-refractivity contribution in [3.05, 3.63) is 35.4 Å². The Labute approximate surface area is 78.9 Å². The zero-order valence-electron chi connectivity index (χ0n) is 6.94.